The predicted molar refractivity (Wildman–Crippen MR) is 72.5 cm³/mol. The van der Waals surface area contributed by atoms with E-state index in [1.54, 1.807) is 11.3 Å². The molecule has 94 valence electrons. The molecule has 0 radical (unpaired) electrons. The minimum Gasteiger partial charge on any atom is -0.486 e. The average molecular weight is 261 g/mol. The summed E-state index contributed by atoms with van der Waals surface area (Å²) < 4.78 is 11.3. The summed E-state index contributed by atoms with van der Waals surface area (Å²) in [6.07, 6.45) is 0. The summed E-state index contributed by atoms with van der Waals surface area (Å²) in [7, 11) is 0. The first-order valence-electron chi connectivity index (χ1n) is 5.95. The number of hydrogen-bond donors (Lipinski definition) is 1. The third kappa shape index (κ3) is 1.87. The van der Waals surface area contributed by atoms with Crippen LogP contribution in [0.15, 0.2) is 29.6 Å². The second-order valence-corrected chi connectivity index (χ2v) is 5.26. The van der Waals surface area contributed by atoms with E-state index in [1.165, 1.54) is 10.4 Å². The standard InChI is InChI=1S/C14H15NO2S/c1-9-5-8-18-14(9)12(15)10-3-2-4-11-13(10)17-7-6-16-11/h2-5,8,12H,6-7,15H2,1H3. The molecule has 2 heterocycles. The van der Waals surface area contributed by atoms with Crippen LogP contribution in [0.3, 0.4) is 0 Å². The fraction of sp³-hybridized carbons (Fsp3) is 0.286. The summed E-state index contributed by atoms with van der Waals surface area (Å²) in [5.41, 5.74) is 8.58. The van der Waals surface area contributed by atoms with Crippen LogP contribution in [0.1, 0.15) is 22.0 Å². The maximum atomic E-state index is 6.36. The zero-order valence-electron chi connectivity index (χ0n) is 10.2. The molecule has 0 saturated carbocycles. The van der Waals surface area contributed by atoms with Crippen LogP contribution in [-0.2, 0) is 0 Å². The van der Waals surface area contributed by atoms with Gasteiger partial charge in [0.25, 0.3) is 0 Å². The highest BCUT2D eigenvalue weighted by molar-refractivity contribution is 7.10. The van der Waals surface area contributed by atoms with E-state index in [4.69, 9.17) is 15.2 Å². The molecule has 0 fully saturated rings. The zero-order valence-corrected chi connectivity index (χ0v) is 11.0. The number of nitrogens with two attached hydrogens (primary N) is 1. The van der Waals surface area contributed by atoms with Crippen molar-refractivity contribution >= 4 is 11.3 Å². The van der Waals surface area contributed by atoms with Gasteiger partial charge in [-0.1, -0.05) is 12.1 Å². The number of hydrogen-bond acceptors (Lipinski definition) is 4. The molecule has 1 aliphatic rings. The molecule has 1 aromatic carbocycles. The van der Waals surface area contributed by atoms with Crippen molar-refractivity contribution in [2.75, 3.05) is 13.2 Å². The van der Waals surface area contributed by atoms with Gasteiger partial charge in [0.15, 0.2) is 11.5 Å². The van der Waals surface area contributed by atoms with Crippen LogP contribution >= 0.6 is 11.3 Å². The van der Waals surface area contributed by atoms with E-state index in [9.17, 15) is 0 Å². The van der Waals surface area contributed by atoms with Crippen LogP contribution in [0.4, 0.5) is 0 Å². The number of thiophene rings is 1. The Labute approximate surface area is 110 Å². The molecule has 1 aromatic heterocycles. The Balaban J connectivity index is 2.04. The van der Waals surface area contributed by atoms with Gasteiger partial charge in [0.1, 0.15) is 13.2 Å². The van der Waals surface area contributed by atoms with Crippen LogP contribution in [0.5, 0.6) is 11.5 Å². The first kappa shape index (κ1) is 11.6. The summed E-state index contributed by atoms with van der Waals surface area (Å²) >= 11 is 1.68. The van der Waals surface area contributed by atoms with Crippen LogP contribution < -0.4 is 15.2 Å². The van der Waals surface area contributed by atoms with Crippen molar-refractivity contribution in [1.29, 1.82) is 0 Å². The maximum Gasteiger partial charge on any atom is 0.166 e. The molecule has 3 nitrogen and oxygen atoms in total. The van der Waals surface area contributed by atoms with Gasteiger partial charge in [0, 0.05) is 10.4 Å². The van der Waals surface area contributed by atoms with Crippen LogP contribution in [0.2, 0.25) is 0 Å². The Hall–Kier alpha value is -1.52. The van der Waals surface area contributed by atoms with Gasteiger partial charge in [-0.3, -0.25) is 0 Å². The largest absolute Gasteiger partial charge is 0.486 e. The molecular weight excluding hydrogens is 246 g/mol. The quantitative estimate of drug-likeness (QED) is 0.904. The zero-order chi connectivity index (χ0) is 12.5. The van der Waals surface area contributed by atoms with E-state index >= 15 is 0 Å². The van der Waals surface area contributed by atoms with Crippen molar-refractivity contribution < 1.29 is 9.47 Å². The van der Waals surface area contributed by atoms with Gasteiger partial charge >= 0.3 is 0 Å². The highest BCUT2D eigenvalue weighted by Crippen LogP contribution is 2.39. The number of ether oxygens (including phenoxy) is 2. The molecule has 4 heteroatoms. The molecule has 2 aromatic rings. The number of aryl methyl sites for hydroxylation is 1. The Bertz CT molecular complexity index is 565. The fourth-order valence-electron chi connectivity index (χ4n) is 2.19. The second kappa shape index (κ2) is 4.63. The van der Waals surface area contributed by atoms with Crippen LogP contribution in [0.25, 0.3) is 0 Å². The van der Waals surface area contributed by atoms with Crippen LogP contribution in [0, 0.1) is 6.92 Å². The Kier molecular flexibility index (Phi) is 2.97. The predicted octanol–water partition coefficient (Wildman–Crippen LogP) is 2.88. The van der Waals surface area contributed by atoms with Gasteiger partial charge in [-0.05, 0) is 30.0 Å². The van der Waals surface area contributed by atoms with Gasteiger partial charge < -0.3 is 15.2 Å². The Morgan fingerprint density at radius 3 is 2.83 bits per heavy atom. The number of fused-ring (bicyclic) bond motifs is 1. The van der Waals surface area contributed by atoms with E-state index in [2.05, 4.69) is 18.4 Å². The van der Waals surface area contributed by atoms with Crippen LogP contribution in [-0.4, -0.2) is 13.2 Å². The molecule has 1 atom stereocenters. The molecule has 0 amide bonds. The third-order valence-corrected chi connectivity index (χ3v) is 4.22. The molecule has 0 aliphatic carbocycles. The lowest BCUT2D eigenvalue weighted by molar-refractivity contribution is 0.169. The highest BCUT2D eigenvalue weighted by Gasteiger charge is 2.22. The van der Waals surface area contributed by atoms with Crippen molar-refractivity contribution in [3.8, 4) is 11.5 Å². The topological polar surface area (TPSA) is 44.5 Å². The van der Waals surface area contributed by atoms with Gasteiger partial charge in [0.05, 0.1) is 6.04 Å². The van der Waals surface area contributed by atoms with Crippen molar-refractivity contribution in [3.05, 3.63) is 45.6 Å². The second-order valence-electron chi connectivity index (χ2n) is 4.32. The lowest BCUT2D eigenvalue weighted by Crippen LogP contribution is -2.19. The molecular formula is C14H15NO2S. The minimum absolute atomic E-state index is 0.151. The summed E-state index contributed by atoms with van der Waals surface area (Å²) in [6, 6.07) is 7.84. The van der Waals surface area contributed by atoms with Gasteiger partial charge in [-0.25, -0.2) is 0 Å². The maximum absolute atomic E-state index is 6.36. The van der Waals surface area contributed by atoms with E-state index in [-0.39, 0.29) is 6.04 Å². The number of rotatable bonds is 2. The average Bonchev–Trinajstić information content (AvgIpc) is 2.83. The summed E-state index contributed by atoms with van der Waals surface area (Å²) in [4.78, 5) is 1.18. The van der Waals surface area contributed by atoms with Crippen molar-refractivity contribution in [3.63, 3.8) is 0 Å². The summed E-state index contributed by atoms with van der Waals surface area (Å²) in [6.45, 7) is 3.27. The molecule has 2 N–H and O–H groups in total. The lowest BCUT2D eigenvalue weighted by atomic mass is 10.0. The molecule has 1 aliphatic heterocycles. The first-order chi connectivity index (χ1) is 8.77. The third-order valence-electron chi connectivity index (χ3n) is 3.12. The summed E-state index contributed by atoms with van der Waals surface area (Å²) in [5, 5.41) is 2.07. The first-order valence-corrected chi connectivity index (χ1v) is 6.83. The van der Waals surface area contributed by atoms with E-state index < -0.39 is 0 Å². The minimum atomic E-state index is -0.151. The fourth-order valence-corrected chi connectivity index (χ4v) is 3.13. The molecule has 0 spiro atoms. The number of benzene rings is 1. The molecule has 0 bridgehead atoms. The Morgan fingerprint density at radius 2 is 2.06 bits per heavy atom. The van der Waals surface area contributed by atoms with Crippen molar-refractivity contribution in [1.82, 2.24) is 0 Å². The summed E-state index contributed by atoms with van der Waals surface area (Å²) in [5.74, 6) is 1.59. The van der Waals surface area contributed by atoms with E-state index in [1.807, 2.05) is 18.2 Å². The monoisotopic (exact) mass is 261 g/mol. The smallest absolute Gasteiger partial charge is 0.166 e. The molecule has 3 rings (SSSR count). The van der Waals surface area contributed by atoms with Crippen molar-refractivity contribution in [2.45, 2.75) is 13.0 Å². The molecule has 0 saturated heterocycles. The van der Waals surface area contributed by atoms with Gasteiger partial charge in [-0.15, -0.1) is 11.3 Å². The van der Waals surface area contributed by atoms with E-state index in [0.717, 1.165) is 17.1 Å². The normalized spacial score (nSPS) is 15.4. The molecule has 18 heavy (non-hydrogen) atoms. The SMILES string of the molecule is Cc1ccsc1C(N)c1cccc2c1OCCO2. The van der Waals surface area contributed by atoms with E-state index in [0.29, 0.717) is 13.2 Å². The number of para-hydroxylation sites is 1. The lowest BCUT2D eigenvalue weighted by Gasteiger charge is -2.23. The van der Waals surface area contributed by atoms with Crippen molar-refractivity contribution in [2.24, 2.45) is 5.73 Å². The van der Waals surface area contributed by atoms with Gasteiger partial charge in [0.2, 0.25) is 0 Å². The Morgan fingerprint density at radius 1 is 1.22 bits per heavy atom. The highest BCUT2D eigenvalue weighted by atomic mass is 32.1. The van der Waals surface area contributed by atoms with Gasteiger partial charge in [-0.2, -0.15) is 0 Å². The molecule has 1 unspecified atom stereocenters.